The fraction of sp³-hybridized carbons (Fsp3) is 0.250. The van der Waals surface area contributed by atoms with Crippen molar-refractivity contribution >= 4 is 17.4 Å². The highest BCUT2D eigenvalue weighted by atomic mass is 19.1. The van der Waals surface area contributed by atoms with Gasteiger partial charge in [-0.1, -0.05) is 29.8 Å². The number of carbonyl (C=O) groups excluding carboxylic acids is 1. The smallest absolute Gasteiger partial charge is 0.258 e. The van der Waals surface area contributed by atoms with Crippen LogP contribution in [0.2, 0.25) is 0 Å². The summed E-state index contributed by atoms with van der Waals surface area (Å²) >= 11 is 0. The maximum Gasteiger partial charge on any atom is 0.258 e. The van der Waals surface area contributed by atoms with Gasteiger partial charge in [-0.05, 0) is 44.0 Å². The zero-order valence-electron chi connectivity index (χ0n) is 18.5. The zero-order chi connectivity index (χ0) is 23.3. The van der Waals surface area contributed by atoms with Gasteiger partial charge in [0.1, 0.15) is 11.5 Å². The van der Waals surface area contributed by atoms with Crippen molar-refractivity contribution in [3.05, 3.63) is 82.4 Å². The molecule has 0 saturated heterocycles. The molecule has 2 aromatic heterocycles. The third kappa shape index (κ3) is 5.26. The molecular formula is C24H26FN5O2. The predicted molar refractivity (Wildman–Crippen MR) is 122 cm³/mol. The Kier molecular flexibility index (Phi) is 7.14. The van der Waals surface area contributed by atoms with Gasteiger partial charge in [0, 0.05) is 24.9 Å². The Bertz CT molecular complexity index is 1130. The molecule has 1 unspecified atom stereocenters. The standard InChI is InChI=1S/C24H26FN5O2/c1-14-7-9-17(10-8-14)16(3)29-19(31)13-32-20-12-15(2)21(24(27-4)30-20)22(26)23-18(25)6-5-11-28-23/h5-12,16,26H,13H2,1-4H3,(H,27,30)(H,29,31). The van der Waals surface area contributed by atoms with E-state index in [1.807, 2.05) is 38.1 Å². The minimum atomic E-state index is -0.585. The highest BCUT2D eigenvalue weighted by Gasteiger charge is 2.20. The monoisotopic (exact) mass is 435 g/mol. The molecule has 166 valence electrons. The molecule has 8 heteroatoms. The number of hydrogen-bond acceptors (Lipinski definition) is 6. The molecule has 3 rings (SSSR count). The summed E-state index contributed by atoms with van der Waals surface area (Å²) in [6, 6.07) is 12.1. The molecular weight excluding hydrogens is 409 g/mol. The van der Waals surface area contributed by atoms with Crippen LogP contribution in [0.3, 0.4) is 0 Å². The SMILES string of the molecule is CNc1nc(OCC(=O)NC(C)c2ccc(C)cc2)cc(C)c1C(=N)c1ncccc1F. The average molecular weight is 436 g/mol. The van der Waals surface area contributed by atoms with Gasteiger partial charge in [0.2, 0.25) is 5.88 Å². The first-order valence-corrected chi connectivity index (χ1v) is 10.2. The number of rotatable bonds is 8. The lowest BCUT2D eigenvalue weighted by Gasteiger charge is -2.16. The molecule has 1 aromatic carbocycles. The molecule has 32 heavy (non-hydrogen) atoms. The third-order valence-corrected chi connectivity index (χ3v) is 4.98. The molecule has 0 bridgehead atoms. The summed E-state index contributed by atoms with van der Waals surface area (Å²) in [6.07, 6.45) is 1.43. The molecule has 0 radical (unpaired) electrons. The number of aryl methyl sites for hydroxylation is 2. The van der Waals surface area contributed by atoms with Crippen LogP contribution in [-0.4, -0.2) is 35.2 Å². The van der Waals surface area contributed by atoms with Gasteiger partial charge in [-0.3, -0.25) is 15.2 Å². The van der Waals surface area contributed by atoms with Gasteiger partial charge in [0.05, 0.1) is 11.8 Å². The van der Waals surface area contributed by atoms with Crippen molar-refractivity contribution in [2.45, 2.75) is 26.8 Å². The Morgan fingerprint density at radius 1 is 1.22 bits per heavy atom. The number of nitrogens with zero attached hydrogens (tertiary/aromatic N) is 2. The molecule has 1 amide bonds. The summed E-state index contributed by atoms with van der Waals surface area (Å²) in [6.45, 7) is 5.47. The van der Waals surface area contributed by atoms with Crippen molar-refractivity contribution in [3.8, 4) is 5.88 Å². The number of ether oxygens (including phenoxy) is 1. The Hall–Kier alpha value is -3.81. The minimum absolute atomic E-state index is 0.0629. The summed E-state index contributed by atoms with van der Waals surface area (Å²) in [5, 5.41) is 14.2. The predicted octanol–water partition coefficient (Wildman–Crippen LogP) is 3.95. The van der Waals surface area contributed by atoms with Crippen LogP contribution >= 0.6 is 0 Å². The molecule has 1 atom stereocenters. The van der Waals surface area contributed by atoms with Crippen LogP contribution in [0.15, 0.2) is 48.7 Å². The Balaban J connectivity index is 1.70. The van der Waals surface area contributed by atoms with Gasteiger partial charge in [0.15, 0.2) is 12.4 Å². The van der Waals surface area contributed by atoms with E-state index in [9.17, 15) is 9.18 Å². The van der Waals surface area contributed by atoms with Gasteiger partial charge in [-0.25, -0.2) is 4.39 Å². The number of anilines is 1. The summed E-state index contributed by atoms with van der Waals surface area (Å²) in [5.74, 6) is -0.305. The number of aromatic nitrogens is 2. The van der Waals surface area contributed by atoms with Gasteiger partial charge < -0.3 is 15.4 Å². The molecule has 0 aliphatic rings. The highest BCUT2D eigenvalue weighted by molar-refractivity contribution is 6.13. The maximum absolute atomic E-state index is 14.1. The van der Waals surface area contributed by atoms with Crippen LogP contribution in [0.25, 0.3) is 0 Å². The molecule has 7 nitrogen and oxygen atoms in total. The van der Waals surface area contributed by atoms with E-state index in [4.69, 9.17) is 10.1 Å². The van der Waals surface area contributed by atoms with E-state index in [2.05, 4.69) is 20.6 Å². The number of halogens is 1. The van der Waals surface area contributed by atoms with E-state index in [1.165, 1.54) is 18.3 Å². The van der Waals surface area contributed by atoms with E-state index in [-0.39, 0.29) is 35.8 Å². The number of nitrogens with one attached hydrogen (secondary N) is 3. The van der Waals surface area contributed by atoms with E-state index in [0.29, 0.717) is 16.9 Å². The third-order valence-electron chi connectivity index (χ3n) is 4.98. The first-order valence-electron chi connectivity index (χ1n) is 10.2. The summed E-state index contributed by atoms with van der Waals surface area (Å²) in [5.41, 5.74) is 3.05. The average Bonchev–Trinajstić information content (AvgIpc) is 2.77. The number of pyridine rings is 2. The van der Waals surface area contributed by atoms with Crippen LogP contribution < -0.4 is 15.4 Å². The largest absolute Gasteiger partial charge is 0.468 e. The molecule has 0 aliphatic heterocycles. The van der Waals surface area contributed by atoms with Crippen LogP contribution in [-0.2, 0) is 4.79 Å². The molecule has 3 aromatic rings. The van der Waals surface area contributed by atoms with Crippen molar-refractivity contribution in [2.24, 2.45) is 0 Å². The second kappa shape index (κ2) is 10.00. The van der Waals surface area contributed by atoms with Crippen LogP contribution in [0, 0.1) is 25.1 Å². The van der Waals surface area contributed by atoms with E-state index in [1.54, 1.807) is 20.0 Å². The first-order chi connectivity index (χ1) is 15.3. The van der Waals surface area contributed by atoms with Crippen LogP contribution in [0.1, 0.15) is 40.9 Å². The van der Waals surface area contributed by atoms with E-state index >= 15 is 0 Å². The quantitative estimate of drug-likeness (QED) is 0.465. The lowest BCUT2D eigenvalue weighted by Crippen LogP contribution is -2.31. The fourth-order valence-corrected chi connectivity index (χ4v) is 3.26. The number of hydrogen-bond donors (Lipinski definition) is 3. The van der Waals surface area contributed by atoms with Gasteiger partial charge in [0.25, 0.3) is 5.91 Å². The number of carbonyl (C=O) groups is 1. The summed E-state index contributed by atoms with van der Waals surface area (Å²) < 4.78 is 19.7. The van der Waals surface area contributed by atoms with Crippen LogP contribution in [0.5, 0.6) is 5.88 Å². The first kappa shape index (κ1) is 22.9. The van der Waals surface area contributed by atoms with E-state index < -0.39 is 5.82 Å². The Labute approximate surface area is 186 Å². The lowest BCUT2D eigenvalue weighted by atomic mass is 10.0. The molecule has 0 saturated carbocycles. The van der Waals surface area contributed by atoms with Crippen molar-refractivity contribution in [1.29, 1.82) is 5.41 Å². The summed E-state index contributed by atoms with van der Waals surface area (Å²) in [4.78, 5) is 20.7. The normalized spacial score (nSPS) is 11.5. The molecule has 0 spiro atoms. The highest BCUT2D eigenvalue weighted by Crippen LogP contribution is 2.25. The number of benzene rings is 1. The molecule has 0 fully saturated rings. The van der Waals surface area contributed by atoms with Crippen molar-refractivity contribution in [2.75, 3.05) is 19.0 Å². The second-order valence-corrected chi connectivity index (χ2v) is 7.45. The second-order valence-electron chi connectivity index (χ2n) is 7.45. The fourth-order valence-electron chi connectivity index (χ4n) is 3.26. The van der Waals surface area contributed by atoms with Gasteiger partial charge in [-0.15, -0.1) is 0 Å². The lowest BCUT2D eigenvalue weighted by molar-refractivity contribution is -0.123. The zero-order valence-corrected chi connectivity index (χ0v) is 18.5. The van der Waals surface area contributed by atoms with Gasteiger partial charge in [-0.2, -0.15) is 4.98 Å². The molecule has 3 N–H and O–H groups in total. The maximum atomic E-state index is 14.1. The van der Waals surface area contributed by atoms with Crippen molar-refractivity contribution in [3.63, 3.8) is 0 Å². The van der Waals surface area contributed by atoms with E-state index in [0.717, 1.165) is 11.1 Å². The van der Waals surface area contributed by atoms with Crippen molar-refractivity contribution in [1.82, 2.24) is 15.3 Å². The minimum Gasteiger partial charge on any atom is -0.468 e. The number of amides is 1. The van der Waals surface area contributed by atoms with Gasteiger partial charge >= 0.3 is 0 Å². The Morgan fingerprint density at radius 2 is 1.94 bits per heavy atom. The summed E-state index contributed by atoms with van der Waals surface area (Å²) in [7, 11) is 1.65. The topological polar surface area (TPSA) is 100.0 Å². The van der Waals surface area contributed by atoms with Crippen LogP contribution in [0.4, 0.5) is 10.2 Å². The molecule has 2 heterocycles. The van der Waals surface area contributed by atoms with Crippen molar-refractivity contribution < 1.29 is 13.9 Å². The Morgan fingerprint density at radius 3 is 2.59 bits per heavy atom. The molecule has 0 aliphatic carbocycles.